The highest BCUT2D eigenvalue weighted by atomic mass is 16.4. The molecule has 0 radical (unpaired) electrons. The third-order valence-corrected chi connectivity index (χ3v) is 9.72. The number of benzene rings is 3. The smallest absolute Gasteiger partial charge is 0.404 e. The highest BCUT2D eigenvalue weighted by Gasteiger charge is 2.30. The van der Waals surface area contributed by atoms with Gasteiger partial charge in [0.25, 0.3) is 5.91 Å². The topological polar surface area (TPSA) is 182 Å². The summed E-state index contributed by atoms with van der Waals surface area (Å²) in [6, 6.07) is 20.0. The maximum absolute atomic E-state index is 13.7. The van der Waals surface area contributed by atoms with Crippen LogP contribution in [0.4, 0.5) is 10.5 Å². The third kappa shape index (κ3) is 8.52. The van der Waals surface area contributed by atoms with E-state index < -0.39 is 12.1 Å². The van der Waals surface area contributed by atoms with E-state index in [2.05, 4.69) is 36.6 Å². The van der Waals surface area contributed by atoms with Crippen LogP contribution in [0, 0.1) is 18.8 Å². The predicted octanol–water partition coefficient (Wildman–Crippen LogP) is 4.82. The van der Waals surface area contributed by atoms with Gasteiger partial charge in [-0.25, -0.2) is 4.79 Å². The molecule has 4 amide bonds. The van der Waals surface area contributed by atoms with Crippen molar-refractivity contribution in [1.29, 1.82) is 0 Å². The quantitative estimate of drug-likeness (QED) is 0.150. The number of aromatic amines is 1. The number of tetrazole rings is 1. The van der Waals surface area contributed by atoms with E-state index in [0.717, 1.165) is 66.6 Å². The molecule has 1 saturated carbocycles. The van der Waals surface area contributed by atoms with Gasteiger partial charge < -0.3 is 26.0 Å². The number of aromatic nitrogens is 4. The zero-order valence-electron chi connectivity index (χ0n) is 28.0. The Labute approximate surface area is 290 Å². The number of hydrogen-bond acceptors (Lipinski definition) is 7. The molecule has 0 bridgehead atoms. The van der Waals surface area contributed by atoms with Gasteiger partial charge in [-0.1, -0.05) is 30.3 Å². The number of carbonyl (C=O) groups is 4. The Morgan fingerprint density at radius 2 is 1.62 bits per heavy atom. The van der Waals surface area contributed by atoms with Crippen LogP contribution in [-0.4, -0.2) is 80.1 Å². The number of H-pyrrole nitrogens is 1. The number of rotatable bonds is 11. The van der Waals surface area contributed by atoms with E-state index in [1.54, 1.807) is 24.3 Å². The van der Waals surface area contributed by atoms with Crippen LogP contribution in [0.15, 0.2) is 66.7 Å². The second kappa shape index (κ2) is 15.7. The van der Waals surface area contributed by atoms with E-state index in [1.807, 2.05) is 54.3 Å². The summed E-state index contributed by atoms with van der Waals surface area (Å²) in [6.07, 6.45) is 4.04. The minimum absolute atomic E-state index is 0.0741. The van der Waals surface area contributed by atoms with Gasteiger partial charge in [-0.15, -0.1) is 10.2 Å². The molecule has 1 atom stereocenters. The lowest BCUT2D eigenvalue weighted by atomic mass is 9.81. The molecule has 13 nitrogen and oxygen atoms in total. The van der Waals surface area contributed by atoms with Crippen molar-refractivity contribution >= 4 is 29.5 Å². The van der Waals surface area contributed by atoms with E-state index in [9.17, 15) is 19.2 Å². The SMILES string of the molecule is Cc1cc(C(=O)N2CCCC2)ccc1-c1ccc(C[C@H](NC(=O)[C@H]2CC[C@H](CNC(=O)O)CC2)C(=O)Nc2ccc(-c3nn[nH]n3)cc2)cc1. The maximum Gasteiger partial charge on any atom is 0.404 e. The van der Waals surface area contributed by atoms with Gasteiger partial charge in [-0.3, -0.25) is 14.4 Å². The Balaban J connectivity index is 1.14. The Morgan fingerprint density at radius 3 is 2.26 bits per heavy atom. The molecule has 2 heterocycles. The Morgan fingerprint density at radius 1 is 0.920 bits per heavy atom. The molecule has 1 aromatic heterocycles. The van der Waals surface area contributed by atoms with Gasteiger partial charge in [0.05, 0.1) is 0 Å². The van der Waals surface area contributed by atoms with E-state index >= 15 is 0 Å². The number of aryl methyl sites for hydroxylation is 1. The molecule has 1 saturated heterocycles. The summed E-state index contributed by atoms with van der Waals surface area (Å²) in [7, 11) is 0. The van der Waals surface area contributed by atoms with Gasteiger partial charge >= 0.3 is 6.09 Å². The van der Waals surface area contributed by atoms with Gasteiger partial charge in [-0.05, 0) is 115 Å². The van der Waals surface area contributed by atoms with Gasteiger partial charge in [0.1, 0.15) is 6.04 Å². The van der Waals surface area contributed by atoms with Crippen molar-refractivity contribution in [3.05, 3.63) is 83.4 Å². The Hall–Kier alpha value is -5.59. The second-order valence-corrected chi connectivity index (χ2v) is 13.2. The second-order valence-electron chi connectivity index (χ2n) is 13.2. The van der Waals surface area contributed by atoms with Crippen molar-refractivity contribution in [2.75, 3.05) is 25.0 Å². The molecule has 0 spiro atoms. The first-order valence-corrected chi connectivity index (χ1v) is 17.1. The van der Waals surface area contributed by atoms with Gasteiger partial charge in [0.15, 0.2) is 0 Å². The van der Waals surface area contributed by atoms with Crippen LogP contribution in [0.5, 0.6) is 0 Å². The highest BCUT2D eigenvalue weighted by molar-refractivity contribution is 5.98. The molecule has 2 aliphatic rings. The average molecular weight is 679 g/mol. The van der Waals surface area contributed by atoms with E-state index in [1.165, 1.54) is 0 Å². The first-order valence-electron chi connectivity index (χ1n) is 17.1. The Bertz CT molecular complexity index is 1800. The standard InChI is InChI=1S/C37H42N8O5/c1-23-20-29(36(48)45-18-2-3-19-45)14-17-31(23)26-8-4-24(5-9-26)21-32(40-34(46)28-10-6-25(7-11-28)22-38-37(49)50)35(47)39-30-15-12-27(13-16-30)33-41-43-44-42-33/h4-5,8-9,12-17,20,25,28,32,38H,2-3,6-7,10-11,18-19,21-22H2,1H3,(H,39,47)(H,40,46)(H,49,50)(H,41,42,43,44)/t25-,28-,32-/m0/s1. The molecule has 5 N–H and O–H groups in total. The number of nitrogens with zero attached hydrogens (tertiary/aromatic N) is 4. The summed E-state index contributed by atoms with van der Waals surface area (Å²) in [5, 5.41) is 31.3. The van der Waals surface area contributed by atoms with E-state index in [4.69, 9.17) is 5.11 Å². The minimum atomic E-state index is -1.05. The van der Waals surface area contributed by atoms with Crippen LogP contribution in [0.1, 0.15) is 60.0 Å². The molecule has 50 heavy (non-hydrogen) atoms. The molecule has 260 valence electrons. The van der Waals surface area contributed by atoms with Crippen molar-refractivity contribution in [2.24, 2.45) is 11.8 Å². The molecule has 1 aliphatic heterocycles. The number of likely N-dealkylation sites (tertiary alicyclic amines) is 1. The highest BCUT2D eigenvalue weighted by Crippen LogP contribution is 2.29. The lowest BCUT2D eigenvalue weighted by Gasteiger charge is -2.29. The van der Waals surface area contributed by atoms with Crippen LogP contribution in [0.25, 0.3) is 22.5 Å². The fourth-order valence-electron chi connectivity index (χ4n) is 6.85. The molecule has 0 unspecified atom stereocenters. The van der Waals surface area contributed by atoms with E-state index in [-0.39, 0.29) is 36.0 Å². The normalized spacial score (nSPS) is 17.9. The number of amides is 4. The maximum atomic E-state index is 13.7. The largest absolute Gasteiger partial charge is 0.465 e. The third-order valence-electron chi connectivity index (χ3n) is 9.72. The molecule has 1 aliphatic carbocycles. The first-order chi connectivity index (χ1) is 24.2. The molecule has 3 aromatic carbocycles. The molecule has 4 aromatic rings. The van der Waals surface area contributed by atoms with Crippen molar-refractivity contribution in [3.8, 4) is 22.5 Å². The number of carboxylic acid groups (broad SMARTS) is 1. The summed E-state index contributed by atoms with van der Waals surface area (Å²) in [4.78, 5) is 52.9. The Kier molecular flexibility index (Phi) is 10.8. The average Bonchev–Trinajstić information content (AvgIpc) is 3.87. The monoisotopic (exact) mass is 678 g/mol. The minimum Gasteiger partial charge on any atom is -0.465 e. The molecule has 13 heteroatoms. The number of anilines is 1. The molecular weight excluding hydrogens is 636 g/mol. The van der Waals surface area contributed by atoms with Gasteiger partial charge in [0.2, 0.25) is 17.6 Å². The summed E-state index contributed by atoms with van der Waals surface area (Å²) in [5.74, 6) is -0.0854. The first kappa shape index (κ1) is 34.3. The summed E-state index contributed by atoms with van der Waals surface area (Å²) >= 11 is 0. The lowest BCUT2D eigenvalue weighted by molar-refractivity contribution is -0.130. The molecular formula is C37H42N8O5. The molecule has 2 fully saturated rings. The summed E-state index contributed by atoms with van der Waals surface area (Å²) in [6.45, 7) is 3.99. The van der Waals surface area contributed by atoms with Gasteiger partial charge in [0, 0.05) is 48.8 Å². The number of hydrogen-bond donors (Lipinski definition) is 5. The lowest BCUT2D eigenvalue weighted by Crippen LogP contribution is -2.48. The van der Waals surface area contributed by atoms with Crippen molar-refractivity contribution in [3.63, 3.8) is 0 Å². The number of carbonyl (C=O) groups excluding carboxylic acids is 3. The van der Waals surface area contributed by atoms with E-state index in [0.29, 0.717) is 36.5 Å². The van der Waals surface area contributed by atoms with Crippen LogP contribution < -0.4 is 16.0 Å². The van der Waals surface area contributed by atoms with Crippen molar-refractivity contribution < 1.29 is 24.3 Å². The van der Waals surface area contributed by atoms with Crippen LogP contribution in [0.3, 0.4) is 0 Å². The van der Waals surface area contributed by atoms with Crippen molar-refractivity contribution in [1.82, 2.24) is 36.2 Å². The predicted molar refractivity (Wildman–Crippen MR) is 187 cm³/mol. The number of nitrogens with one attached hydrogen (secondary N) is 4. The summed E-state index contributed by atoms with van der Waals surface area (Å²) in [5.41, 5.74) is 5.89. The van der Waals surface area contributed by atoms with Crippen LogP contribution in [-0.2, 0) is 16.0 Å². The van der Waals surface area contributed by atoms with Crippen molar-refractivity contribution in [2.45, 2.75) is 57.9 Å². The zero-order chi connectivity index (χ0) is 35.0. The van der Waals surface area contributed by atoms with Crippen LogP contribution in [0.2, 0.25) is 0 Å². The summed E-state index contributed by atoms with van der Waals surface area (Å²) < 4.78 is 0. The van der Waals surface area contributed by atoms with Crippen LogP contribution >= 0.6 is 0 Å². The van der Waals surface area contributed by atoms with Gasteiger partial charge in [-0.2, -0.15) is 5.21 Å². The fraction of sp³-hybridized carbons (Fsp3) is 0.378. The zero-order valence-corrected chi connectivity index (χ0v) is 28.0. The molecule has 6 rings (SSSR count). The fourth-order valence-corrected chi connectivity index (χ4v) is 6.85.